The van der Waals surface area contributed by atoms with Gasteiger partial charge in [0.1, 0.15) is 23.0 Å². The lowest BCUT2D eigenvalue weighted by atomic mass is 10.0. The van der Waals surface area contributed by atoms with Crippen molar-refractivity contribution in [1.29, 1.82) is 0 Å². The van der Waals surface area contributed by atoms with E-state index in [9.17, 15) is 0 Å². The van der Waals surface area contributed by atoms with E-state index in [0.717, 1.165) is 65.6 Å². The van der Waals surface area contributed by atoms with E-state index in [1.165, 1.54) is 5.56 Å². The van der Waals surface area contributed by atoms with Crippen molar-refractivity contribution in [3.63, 3.8) is 0 Å². The van der Waals surface area contributed by atoms with Gasteiger partial charge in [-0.1, -0.05) is 17.7 Å². The van der Waals surface area contributed by atoms with Crippen molar-refractivity contribution in [2.24, 2.45) is 0 Å². The fourth-order valence-electron chi connectivity index (χ4n) is 3.70. The van der Waals surface area contributed by atoms with E-state index in [1.807, 2.05) is 41.1 Å². The molecule has 0 saturated heterocycles. The van der Waals surface area contributed by atoms with Crippen LogP contribution in [0, 0.1) is 6.92 Å². The quantitative estimate of drug-likeness (QED) is 0.651. The predicted octanol–water partition coefficient (Wildman–Crippen LogP) is 5.27. The van der Waals surface area contributed by atoms with Gasteiger partial charge >= 0.3 is 0 Å². The highest BCUT2D eigenvalue weighted by Gasteiger charge is 2.24. The average Bonchev–Trinajstić information content (AvgIpc) is 2.89. The molecule has 0 atom stereocenters. The number of fused-ring (bicyclic) bond motifs is 1. The summed E-state index contributed by atoms with van der Waals surface area (Å²) in [4.78, 5) is 0. The Kier molecular flexibility index (Phi) is 5.18. The van der Waals surface area contributed by atoms with Gasteiger partial charge in [0.2, 0.25) is 0 Å². The summed E-state index contributed by atoms with van der Waals surface area (Å²) in [6.07, 6.45) is 3.19. The number of halogens is 1. The molecule has 0 aliphatic carbocycles. The fourth-order valence-corrected chi connectivity index (χ4v) is 3.87. The molecule has 2 heterocycles. The molecule has 3 aromatic rings. The molecule has 1 aliphatic heterocycles. The van der Waals surface area contributed by atoms with Gasteiger partial charge in [-0.15, -0.1) is 0 Å². The Bertz CT molecular complexity index is 1010. The van der Waals surface area contributed by atoms with Gasteiger partial charge < -0.3 is 14.8 Å². The zero-order valence-electron chi connectivity index (χ0n) is 16.4. The third-order valence-corrected chi connectivity index (χ3v) is 5.43. The number of nitrogens with one attached hydrogen (secondary N) is 1. The molecule has 1 aliphatic rings. The molecule has 0 saturated carbocycles. The maximum absolute atomic E-state index is 6.30. The molecule has 0 bridgehead atoms. The summed E-state index contributed by atoms with van der Waals surface area (Å²) < 4.78 is 13.1. The topological polar surface area (TPSA) is 48.3 Å². The van der Waals surface area contributed by atoms with Crippen LogP contribution in [0.2, 0.25) is 5.02 Å². The van der Waals surface area contributed by atoms with Crippen molar-refractivity contribution in [2.45, 2.75) is 26.2 Å². The Balaban J connectivity index is 1.97. The van der Waals surface area contributed by atoms with Gasteiger partial charge in [0, 0.05) is 22.7 Å². The number of hydrogen-bond acceptors (Lipinski definition) is 4. The Hall–Kier alpha value is -2.66. The molecular formula is C22H24ClN3O2. The minimum atomic E-state index is 0.694. The molecule has 6 heteroatoms. The highest BCUT2D eigenvalue weighted by molar-refractivity contribution is 6.30. The molecule has 1 aromatic heterocycles. The summed E-state index contributed by atoms with van der Waals surface area (Å²) in [5, 5.41) is 9.29. The van der Waals surface area contributed by atoms with Crippen molar-refractivity contribution in [3.05, 3.63) is 52.5 Å². The number of anilines is 1. The van der Waals surface area contributed by atoms with E-state index in [4.69, 9.17) is 26.2 Å². The Morgan fingerprint density at radius 3 is 2.71 bits per heavy atom. The monoisotopic (exact) mass is 397 g/mol. The van der Waals surface area contributed by atoms with E-state index in [1.54, 1.807) is 14.2 Å². The van der Waals surface area contributed by atoms with Crippen LogP contribution in [0.3, 0.4) is 0 Å². The van der Waals surface area contributed by atoms with Crippen LogP contribution in [0.5, 0.6) is 11.5 Å². The first kappa shape index (κ1) is 18.7. The maximum atomic E-state index is 6.30. The summed E-state index contributed by atoms with van der Waals surface area (Å²) >= 11 is 6.30. The van der Waals surface area contributed by atoms with Gasteiger partial charge in [0.25, 0.3) is 0 Å². The first-order valence-electron chi connectivity index (χ1n) is 9.47. The van der Waals surface area contributed by atoms with E-state index < -0.39 is 0 Å². The largest absolute Gasteiger partial charge is 0.497 e. The highest BCUT2D eigenvalue weighted by atomic mass is 35.5. The third-order valence-electron chi connectivity index (χ3n) is 5.19. The second kappa shape index (κ2) is 7.76. The molecule has 0 fully saturated rings. The minimum Gasteiger partial charge on any atom is -0.497 e. The Labute approximate surface area is 170 Å². The Morgan fingerprint density at radius 2 is 1.93 bits per heavy atom. The van der Waals surface area contributed by atoms with Gasteiger partial charge in [0.15, 0.2) is 0 Å². The van der Waals surface area contributed by atoms with Crippen molar-refractivity contribution in [3.8, 4) is 28.4 Å². The van der Waals surface area contributed by atoms with Gasteiger partial charge in [-0.2, -0.15) is 5.10 Å². The molecule has 146 valence electrons. The van der Waals surface area contributed by atoms with Crippen LogP contribution >= 0.6 is 11.6 Å². The van der Waals surface area contributed by atoms with Gasteiger partial charge in [-0.05, 0) is 62.1 Å². The van der Waals surface area contributed by atoms with E-state index in [0.29, 0.717) is 5.02 Å². The van der Waals surface area contributed by atoms with Crippen LogP contribution in [-0.4, -0.2) is 30.5 Å². The molecular weight excluding hydrogens is 374 g/mol. The van der Waals surface area contributed by atoms with Crippen molar-refractivity contribution < 1.29 is 9.47 Å². The summed E-state index contributed by atoms with van der Waals surface area (Å²) in [7, 11) is 3.35. The van der Waals surface area contributed by atoms with Crippen LogP contribution in [0.4, 0.5) is 5.82 Å². The molecule has 0 spiro atoms. The highest BCUT2D eigenvalue weighted by Crippen LogP contribution is 2.40. The summed E-state index contributed by atoms with van der Waals surface area (Å²) in [6, 6.07) is 11.7. The molecule has 5 nitrogen and oxygen atoms in total. The molecule has 0 amide bonds. The number of benzene rings is 2. The number of aromatic nitrogens is 2. The molecule has 0 unspecified atom stereocenters. The third kappa shape index (κ3) is 3.31. The first-order chi connectivity index (χ1) is 13.6. The second-order valence-corrected chi connectivity index (χ2v) is 7.40. The predicted molar refractivity (Wildman–Crippen MR) is 113 cm³/mol. The Morgan fingerprint density at radius 1 is 1.07 bits per heavy atom. The van der Waals surface area contributed by atoms with Crippen LogP contribution in [0.25, 0.3) is 16.9 Å². The second-order valence-electron chi connectivity index (χ2n) is 6.97. The number of aryl methyl sites for hydroxylation is 1. The van der Waals surface area contributed by atoms with Crippen molar-refractivity contribution in [1.82, 2.24) is 9.78 Å². The zero-order valence-corrected chi connectivity index (χ0v) is 17.1. The first-order valence-corrected chi connectivity index (χ1v) is 9.85. The van der Waals surface area contributed by atoms with E-state index in [2.05, 4.69) is 12.2 Å². The molecule has 1 N–H and O–H groups in total. The summed E-state index contributed by atoms with van der Waals surface area (Å²) in [6.45, 7) is 3.00. The number of hydrogen-bond donors (Lipinski definition) is 1. The molecule has 4 rings (SSSR count). The van der Waals surface area contributed by atoms with Crippen LogP contribution in [-0.2, 0) is 6.42 Å². The summed E-state index contributed by atoms with van der Waals surface area (Å²) in [5.74, 6) is 2.59. The van der Waals surface area contributed by atoms with Crippen LogP contribution in [0.15, 0.2) is 36.4 Å². The minimum absolute atomic E-state index is 0.694. The molecule has 2 aromatic carbocycles. The average molecular weight is 398 g/mol. The SMILES string of the molecule is COc1ccc(OC)c(-c2nn(-c3cc(Cl)ccc3C)c3c2CCCCN3)c1. The van der Waals surface area contributed by atoms with Gasteiger partial charge in [-0.25, -0.2) is 4.68 Å². The standard InChI is InChI=1S/C22H24ClN3O2/c1-14-7-8-15(23)12-19(14)26-22-17(6-4-5-11-24-22)21(25-26)18-13-16(27-2)9-10-20(18)28-3/h7-10,12-13,24H,4-6,11H2,1-3H3. The lowest BCUT2D eigenvalue weighted by molar-refractivity contribution is 0.404. The van der Waals surface area contributed by atoms with Gasteiger partial charge in [0.05, 0.1) is 19.9 Å². The molecule has 28 heavy (non-hydrogen) atoms. The van der Waals surface area contributed by atoms with E-state index >= 15 is 0 Å². The van der Waals surface area contributed by atoms with Crippen molar-refractivity contribution >= 4 is 17.4 Å². The number of methoxy groups -OCH3 is 2. The maximum Gasteiger partial charge on any atom is 0.133 e. The smallest absolute Gasteiger partial charge is 0.133 e. The normalized spacial score (nSPS) is 13.4. The number of ether oxygens (including phenoxy) is 2. The molecule has 0 radical (unpaired) electrons. The van der Waals surface area contributed by atoms with Crippen LogP contribution in [0.1, 0.15) is 24.0 Å². The number of rotatable bonds is 4. The number of nitrogens with zero attached hydrogens (tertiary/aromatic N) is 2. The summed E-state index contributed by atoms with van der Waals surface area (Å²) in [5.41, 5.74) is 5.14. The van der Waals surface area contributed by atoms with Crippen molar-refractivity contribution in [2.75, 3.05) is 26.1 Å². The lowest BCUT2D eigenvalue weighted by Crippen LogP contribution is -2.08. The van der Waals surface area contributed by atoms with Crippen LogP contribution < -0.4 is 14.8 Å². The zero-order chi connectivity index (χ0) is 19.7. The van der Waals surface area contributed by atoms with Gasteiger partial charge in [-0.3, -0.25) is 0 Å². The lowest BCUT2D eigenvalue weighted by Gasteiger charge is -2.12. The van der Waals surface area contributed by atoms with E-state index in [-0.39, 0.29) is 0 Å². The fraction of sp³-hybridized carbons (Fsp3) is 0.318.